The summed E-state index contributed by atoms with van der Waals surface area (Å²) in [5.41, 5.74) is 0.289. The number of halogens is 1. The summed E-state index contributed by atoms with van der Waals surface area (Å²) in [7, 11) is 0. The standard InChI is InChI=1S/C18H23FN2O4/c1-11(2)8-12(18(24)25)10-20-17(23)14-9-13(5-6-15(14)19)21-7-3-4-16(21)22/h5-6,9,11-12H,3-4,7-8,10H2,1-2H3,(H,20,23)(H,24,25)/t12-/m1/s1. The molecule has 1 saturated heterocycles. The van der Waals surface area contributed by atoms with Gasteiger partial charge in [0.2, 0.25) is 5.91 Å². The molecule has 0 aliphatic carbocycles. The molecule has 0 unspecified atom stereocenters. The molecule has 1 heterocycles. The summed E-state index contributed by atoms with van der Waals surface area (Å²) in [6.45, 7) is 4.27. The molecule has 1 aromatic rings. The van der Waals surface area contributed by atoms with E-state index in [1.807, 2.05) is 13.8 Å². The number of anilines is 1. The summed E-state index contributed by atoms with van der Waals surface area (Å²) in [6, 6.07) is 3.96. The van der Waals surface area contributed by atoms with Gasteiger partial charge < -0.3 is 15.3 Å². The molecule has 1 aliphatic heterocycles. The lowest BCUT2D eigenvalue weighted by Gasteiger charge is -2.18. The Morgan fingerprint density at radius 1 is 1.36 bits per heavy atom. The van der Waals surface area contributed by atoms with Gasteiger partial charge in [-0.05, 0) is 37.0 Å². The van der Waals surface area contributed by atoms with Crippen molar-refractivity contribution in [2.24, 2.45) is 11.8 Å². The maximum atomic E-state index is 14.0. The van der Waals surface area contributed by atoms with Gasteiger partial charge in [-0.2, -0.15) is 0 Å². The van der Waals surface area contributed by atoms with Crippen LogP contribution in [0, 0.1) is 17.7 Å². The van der Waals surface area contributed by atoms with Crippen LogP contribution in [0.1, 0.15) is 43.5 Å². The van der Waals surface area contributed by atoms with Crippen LogP contribution in [0.15, 0.2) is 18.2 Å². The lowest BCUT2D eigenvalue weighted by atomic mass is 9.97. The van der Waals surface area contributed by atoms with E-state index < -0.39 is 23.6 Å². The van der Waals surface area contributed by atoms with Gasteiger partial charge in [0.25, 0.3) is 5.91 Å². The number of nitrogens with one attached hydrogen (secondary N) is 1. The first-order chi connectivity index (χ1) is 11.8. The Morgan fingerprint density at radius 3 is 2.64 bits per heavy atom. The number of rotatable bonds is 7. The average molecular weight is 350 g/mol. The summed E-state index contributed by atoms with van der Waals surface area (Å²) in [5, 5.41) is 11.7. The van der Waals surface area contributed by atoms with Crippen LogP contribution in [0.25, 0.3) is 0 Å². The van der Waals surface area contributed by atoms with Crippen LogP contribution in [0.5, 0.6) is 0 Å². The fourth-order valence-electron chi connectivity index (χ4n) is 2.93. The molecule has 0 radical (unpaired) electrons. The van der Waals surface area contributed by atoms with Crippen molar-refractivity contribution >= 4 is 23.5 Å². The second-order valence-electron chi connectivity index (χ2n) is 6.69. The molecule has 25 heavy (non-hydrogen) atoms. The van der Waals surface area contributed by atoms with Gasteiger partial charge in [0.15, 0.2) is 0 Å². The molecule has 0 spiro atoms. The zero-order valence-electron chi connectivity index (χ0n) is 14.4. The molecular weight excluding hydrogens is 327 g/mol. The fourth-order valence-corrected chi connectivity index (χ4v) is 2.93. The number of hydrogen-bond donors (Lipinski definition) is 2. The minimum Gasteiger partial charge on any atom is -0.481 e. The number of carboxylic acid groups (broad SMARTS) is 1. The molecule has 1 atom stereocenters. The van der Waals surface area contributed by atoms with E-state index in [4.69, 9.17) is 0 Å². The van der Waals surface area contributed by atoms with E-state index in [1.165, 1.54) is 17.0 Å². The van der Waals surface area contributed by atoms with Crippen molar-refractivity contribution < 1.29 is 23.9 Å². The fraction of sp³-hybridized carbons (Fsp3) is 0.500. The highest BCUT2D eigenvalue weighted by molar-refractivity contribution is 5.99. The summed E-state index contributed by atoms with van der Waals surface area (Å²) in [4.78, 5) is 36.8. The first-order valence-electron chi connectivity index (χ1n) is 8.40. The van der Waals surface area contributed by atoms with Gasteiger partial charge in [0.1, 0.15) is 5.82 Å². The smallest absolute Gasteiger partial charge is 0.308 e. The molecule has 2 N–H and O–H groups in total. The van der Waals surface area contributed by atoms with Gasteiger partial charge in [0, 0.05) is 25.2 Å². The third-order valence-electron chi connectivity index (χ3n) is 4.19. The molecule has 136 valence electrons. The molecule has 2 rings (SSSR count). The van der Waals surface area contributed by atoms with Crippen molar-refractivity contribution in [3.05, 3.63) is 29.6 Å². The predicted molar refractivity (Wildman–Crippen MR) is 90.9 cm³/mol. The first-order valence-corrected chi connectivity index (χ1v) is 8.40. The number of carbonyl (C=O) groups is 3. The van der Waals surface area contributed by atoms with E-state index in [1.54, 1.807) is 0 Å². The van der Waals surface area contributed by atoms with Crippen LogP contribution in [0.3, 0.4) is 0 Å². The van der Waals surface area contributed by atoms with E-state index in [9.17, 15) is 23.9 Å². The Hall–Kier alpha value is -2.44. The minimum absolute atomic E-state index is 0.0548. The van der Waals surface area contributed by atoms with Gasteiger partial charge in [-0.15, -0.1) is 0 Å². The molecular formula is C18H23FN2O4. The Bertz CT molecular complexity index is 675. The van der Waals surface area contributed by atoms with Crippen molar-refractivity contribution in [1.29, 1.82) is 0 Å². The number of benzene rings is 1. The highest BCUT2D eigenvalue weighted by atomic mass is 19.1. The number of amides is 2. The number of aliphatic carboxylic acids is 1. The highest BCUT2D eigenvalue weighted by Gasteiger charge is 2.24. The van der Waals surface area contributed by atoms with Gasteiger partial charge in [-0.1, -0.05) is 13.8 Å². The topological polar surface area (TPSA) is 86.7 Å². The van der Waals surface area contributed by atoms with Crippen molar-refractivity contribution in [3.63, 3.8) is 0 Å². The Balaban J connectivity index is 2.10. The van der Waals surface area contributed by atoms with Crippen LogP contribution < -0.4 is 10.2 Å². The lowest BCUT2D eigenvalue weighted by molar-refractivity contribution is -0.142. The molecule has 2 amide bonds. The second kappa shape index (κ2) is 8.09. The SMILES string of the molecule is CC(C)C[C@H](CNC(=O)c1cc(N2CCCC2=O)ccc1F)C(=O)O. The third kappa shape index (κ3) is 4.78. The first kappa shape index (κ1) is 18.9. The molecule has 6 nitrogen and oxygen atoms in total. The summed E-state index contributed by atoms with van der Waals surface area (Å²) >= 11 is 0. The molecule has 1 aliphatic rings. The molecule has 0 aromatic heterocycles. The summed E-state index contributed by atoms with van der Waals surface area (Å²) < 4.78 is 14.0. The Labute approximate surface area is 146 Å². The molecule has 7 heteroatoms. The lowest BCUT2D eigenvalue weighted by Crippen LogP contribution is -2.34. The van der Waals surface area contributed by atoms with Gasteiger partial charge in [-0.3, -0.25) is 14.4 Å². The largest absolute Gasteiger partial charge is 0.481 e. The number of nitrogens with zero attached hydrogens (tertiary/aromatic N) is 1. The van der Waals surface area contributed by atoms with Crippen molar-refractivity contribution in [3.8, 4) is 0 Å². The van der Waals surface area contributed by atoms with Crippen LogP contribution in [0.2, 0.25) is 0 Å². The number of carbonyl (C=O) groups excluding carboxylic acids is 2. The maximum Gasteiger partial charge on any atom is 0.308 e. The second-order valence-corrected chi connectivity index (χ2v) is 6.69. The van der Waals surface area contributed by atoms with Crippen molar-refractivity contribution in [1.82, 2.24) is 5.32 Å². The van der Waals surface area contributed by atoms with Gasteiger partial charge in [0.05, 0.1) is 11.5 Å². The van der Waals surface area contributed by atoms with E-state index >= 15 is 0 Å². The maximum absolute atomic E-state index is 14.0. The normalized spacial score (nSPS) is 15.5. The molecule has 1 aromatic carbocycles. The molecule has 1 fully saturated rings. The van der Waals surface area contributed by atoms with Crippen LogP contribution >= 0.6 is 0 Å². The van der Waals surface area contributed by atoms with Crippen molar-refractivity contribution in [2.45, 2.75) is 33.1 Å². The molecule has 0 bridgehead atoms. The van der Waals surface area contributed by atoms with E-state index in [-0.39, 0.29) is 23.9 Å². The van der Waals surface area contributed by atoms with Gasteiger partial charge >= 0.3 is 5.97 Å². The zero-order valence-corrected chi connectivity index (χ0v) is 14.4. The quantitative estimate of drug-likeness (QED) is 0.791. The van der Waals surface area contributed by atoms with Crippen LogP contribution in [-0.4, -0.2) is 36.0 Å². The summed E-state index contributed by atoms with van der Waals surface area (Å²) in [6.07, 6.45) is 1.59. The number of carboxylic acids is 1. The average Bonchev–Trinajstić information content (AvgIpc) is 2.97. The Kier molecular flexibility index (Phi) is 6.12. The van der Waals surface area contributed by atoms with Crippen LogP contribution in [0.4, 0.5) is 10.1 Å². The third-order valence-corrected chi connectivity index (χ3v) is 4.19. The van der Waals surface area contributed by atoms with Gasteiger partial charge in [-0.25, -0.2) is 4.39 Å². The molecule has 0 saturated carbocycles. The highest BCUT2D eigenvalue weighted by Crippen LogP contribution is 2.24. The zero-order chi connectivity index (χ0) is 18.6. The van der Waals surface area contributed by atoms with Crippen molar-refractivity contribution in [2.75, 3.05) is 18.0 Å². The minimum atomic E-state index is -0.995. The number of hydrogen-bond acceptors (Lipinski definition) is 3. The van der Waals surface area contributed by atoms with E-state index in [2.05, 4.69) is 5.32 Å². The predicted octanol–water partition coefficient (Wildman–Crippen LogP) is 2.43. The Morgan fingerprint density at radius 2 is 2.08 bits per heavy atom. The van der Waals surface area contributed by atoms with E-state index in [0.717, 1.165) is 12.5 Å². The summed E-state index contributed by atoms with van der Waals surface area (Å²) in [5.74, 6) is -2.99. The van der Waals surface area contributed by atoms with E-state index in [0.29, 0.717) is 25.1 Å². The van der Waals surface area contributed by atoms with Crippen LogP contribution in [-0.2, 0) is 9.59 Å². The monoisotopic (exact) mass is 350 g/mol.